The van der Waals surface area contributed by atoms with E-state index in [1.54, 1.807) is 0 Å². The molecule has 9 heteroatoms. The van der Waals surface area contributed by atoms with Crippen LogP contribution in [0.25, 0.3) is 21.9 Å². The first-order chi connectivity index (χ1) is 17.2. The molecule has 0 unspecified atom stereocenters. The summed E-state index contributed by atoms with van der Waals surface area (Å²) in [5, 5.41) is 15.4. The first-order valence-electron chi connectivity index (χ1n) is 12.8. The molecule has 35 heavy (non-hydrogen) atoms. The van der Waals surface area contributed by atoms with Crippen molar-refractivity contribution in [3.05, 3.63) is 48.8 Å². The Balaban J connectivity index is 1.25. The number of nitrogens with zero attached hydrogens (tertiary/aromatic N) is 6. The van der Waals surface area contributed by atoms with Crippen LogP contribution in [0.4, 0.5) is 17.5 Å². The number of nitrogens with one attached hydrogen (secondary N) is 1. The maximum atomic E-state index is 9.78. The summed E-state index contributed by atoms with van der Waals surface area (Å²) >= 11 is 0. The van der Waals surface area contributed by atoms with Gasteiger partial charge in [-0.3, -0.25) is 0 Å². The van der Waals surface area contributed by atoms with Crippen LogP contribution in [0.15, 0.2) is 48.8 Å². The van der Waals surface area contributed by atoms with Crippen LogP contribution >= 0.6 is 0 Å². The van der Waals surface area contributed by atoms with Crippen LogP contribution in [0.2, 0.25) is 6.82 Å². The molecule has 0 spiro atoms. The number of pyridine rings is 1. The Bertz CT molecular complexity index is 1310. The fraction of sp³-hybridized carbons (Fsp3) is 0.423. The second-order valence-corrected chi connectivity index (χ2v) is 9.79. The summed E-state index contributed by atoms with van der Waals surface area (Å²) in [5.41, 5.74) is 3.34. The van der Waals surface area contributed by atoms with Crippen molar-refractivity contribution in [1.82, 2.24) is 24.3 Å². The third kappa shape index (κ3) is 4.34. The van der Waals surface area contributed by atoms with E-state index in [1.807, 2.05) is 25.3 Å². The van der Waals surface area contributed by atoms with E-state index >= 15 is 0 Å². The molecular weight excluding hydrogens is 437 g/mol. The molecule has 1 aliphatic carbocycles. The van der Waals surface area contributed by atoms with Crippen molar-refractivity contribution in [2.75, 3.05) is 36.4 Å². The molecule has 4 heterocycles. The molecule has 1 saturated carbocycles. The molecule has 0 amide bonds. The third-order valence-electron chi connectivity index (χ3n) is 7.59. The first kappa shape index (κ1) is 22.3. The molecule has 2 fully saturated rings. The van der Waals surface area contributed by atoms with Gasteiger partial charge in [-0.05, 0) is 37.9 Å². The highest BCUT2D eigenvalue weighted by Crippen LogP contribution is 2.37. The van der Waals surface area contributed by atoms with Gasteiger partial charge in [-0.25, -0.2) is 9.97 Å². The Morgan fingerprint density at radius 1 is 0.914 bits per heavy atom. The summed E-state index contributed by atoms with van der Waals surface area (Å²) in [4.78, 5) is 18.6. The number of aromatic nitrogens is 4. The first-order valence-corrected chi connectivity index (χ1v) is 12.8. The lowest BCUT2D eigenvalue weighted by atomic mass is 9.84. The van der Waals surface area contributed by atoms with Gasteiger partial charge in [0, 0.05) is 49.2 Å². The van der Waals surface area contributed by atoms with E-state index in [2.05, 4.69) is 59.9 Å². The van der Waals surface area contributed by atoms with E-state index in [0.29, 0.717) is 12.0 Å². The van der Waals surface area contributed by atoms with E-state index in [1.165, 1.54) is 43.0 Å². The number of piperazine rings is 1. The van der Waals surface area contributed by atoms with E-state index in [-0.39, 0.29) is 0 Å². The second kappa shape index (κ2) is 9.47. The van der Waals surface area contributed by atoms with E-state index < -0.39 is 7.05 Å². The predicted molar refractivity (Wildman–Crippen MR) is 142 cm³/mol. The lowest BCUT2D eigenvalue weighted by Crippen LogP contribution is -2.51. The maximum Gasteiger partial charge on any atom is 0.376 e. The van der Waals surface area contributed by atoms with Gasteiger partial charge >= 0.3 is 7.05 Å². The van der Waals surface area contributed by atoms with Gasteiger partial charge in [-0.2, -0.15) is 4.98 Å². The van der Waals surface area contributed by atoms with Gasteiger partial charge in [-0.1, -0.05) is 37.5 Å². The number of rotatable bonds is 5. The SMILES string of the molecule is CB(O)N1CCN(c2ccc(Nc3ncc4c5ccccc5n(C5CCCCC5)c4n3)nc2)CC1. The van der Waals surface area contributed by atoms with Crippen molar-refractivity contribution in [3.8, 4) is 0 Å². The van der Waals surface area contributed by atoms with Crippen LogP contribution in [0.3, 0.4) is 0 Å². The number of anilines is 3. The van der Waals surface area contributed by atoms with Gasteiger partial charge in [0.2, 0.25) is 5.95 Å². The zero-order valence-electron chi connectivity index (χ0n) is 20.3. The number of para-hydroxylation sites is 1. The minimum absolute atomic E-state index is 0.393. The van der Waals surface area contributed by atoms with Crippen LogP contribution in [-0.2, 0) is 0 Å². The quantitative estimate of drug-likeness (QED) is 0.418. The normalized spacial score (nSPS) is 17.8. The smallest absolute Gasteiger partial charge is 0.376 e. The molecule has 180 valence electrons. The highest BCUT2D eigenvalue weighted by Gasteiger charge is 2.23. The molecule has 2 aliphatic rings. The summed E-state index contributed by atoms with van der Waals surface area (Å²) in [6, 6.07) is 13.2. The number of hydrogen-bond acceptors (Lipinski definition) is 7. The van der Waals surface area contributed by atoms with Crippen molar-refractivity contribution >= 4 is 46.4 Å². The largest absolute Gasteiger partial charge is 0.437 e. The number of hydrogen-bond donors (Lipinski definition) is 2. The molecule has 0 bridgehead atoms. The zero-order valence-corrected chi connectivity index (χ0v) is 20.3. The average molecular weight is 469 g/mol. The lowest BCUT2D eigenvalue weighted by molar-refractivity contribution is 0.344. The molecule has 2 N–H and O–H groups in total. The molecule has 1 aromatic carbocycles. The molecule has 0 radical (unpaired) electrons. The Morgan fingerprint density at radius 2 is 1.71 bits per heavy atom. The van der Waals surface area contributed by atoms with E-state index in [9.17, 15) is 5.02 Å². The molecular formula is C26H32BN7O. The standard InChI is InChI=1S/C26H32BN7O/c1-27(35)33-15-13-32(14-16-33)20-11-12-24(28-17-20)30-26-29-18-22-21-9-5-6-10-23(21)34(25(22)31-26)19-7-3-2-4-8-19/h5-6,9-12,17-19,35H,2-4,7-8,13-16H2,1H3,(H,28,29,30,31). The number of benzene rings is 1. The average Bonchev–Trinajstić information content (AvgIpc) is 3.23. The van der Waals surface area contributed by atoms with Crippen LogP contribution in [-0.4, -0.2) is 62.6 Å². The topological polar surface area (TPSA) is 82.3 Å². The Labute approximate surface area is 206 Å². The van der Waals surface area contributed by atoms with E-state index in [0.717, 1.165) is 48.7 Å². The summed E-state index contributed by atoms with van der Waals surface area (Å²) < 4.78 is 2.44. The van der Waals surface area contributed by atoms with Gasteiger partial charge in [0.05, 0.1) is 17.4 Å². The van der Waals surface area contributed by atoms with Gasteiger partial charge in [0.25, 0.3) is 0 Å². The summed E-state index contributed by atoms with van der Waals surface area (Å²) in [5.74, 6) is 1.30. The van der Waals surface area contributed by atoms with E-state index in [4.69, 9.17) is 4.98 Å². The molecule has 0 atom stereocenters. The van der Waals surface area contributed by atoms with Crippen LogP contribution in [0.1, 0.15) is 38.1 Å². The monoisotopic (exact) mass is 469 g/mol. The Kier molecular flexibility index (Phi) is 6.04. The fourth-order valence-electron chi connectivity index (χ4n) is 5.66. The molecule has 6 rings (SSSR count). The Morgan fingerprint density at radius 3 is 2.46 bits per heavy atom. The zero-order chi connectivity index (χ0) is 23.8. The van der Waals surface area contributed by atoms with Crippen molar-refractivity contribution < 1.29 is 5.02 Å². The molecule has 1 aliphatic heterocycles. The summed E-state index contributed by atoms with van der Waals surface area (Å²) in [6.45, 7) is 5.28. The van der Waals surface area contributed by atoms with Crippen molar-refractivity contribution in [2.24, 2.45) is 0 Å². The molecule has 3 aromatic heterocycles. The predicted octanol–water partition coefficient (Wildman–Crippen LogP) is 4.46. The second-order valence-electron chi connectivity index (χ2n) is 9.79. The van der Waals surface area contributed by atoms with Crippen LogP contribution in [0, 0.1) is 0 Å². The van der Waals surface area contributed by atoms with Gasteiger partial charge in [0.1, 0.15) is 11.5 Å². The summed E-state index contributed by atoms with van der Waals surface area (Å²) in [6.07, 6.45) is 10.1. The molecule has 4 aromatic rings. The molecule has 1 saturated heterocycles. The van der Waals surface area contributed by atoms with Crippen molar-refractivity contribution in [2.45, 2.75) is 45.0 Å². The maximum absolute atomic E-state index is 9.78. The van der Waals surface area contributed by atoms with Gasteiger partial charge in [0.15, 0.2) is 0 Å². The Hall–Kier alpha value is -3.17. The minimum Gasteiger partial charge on any atom is -0.437 e. The van der Waals surface area contributed by atoms with Gasteiger partial charge in [-0.15, -0.1) is 0 Å². The highest BCUT2D eigenvalue weighted by molar-refractivity contribution is 6.45. The van der Waals surface area contributed by atoms with Gasteiger partial charge < -0.3 is 24.6 Å². The fourth-order valence-corrected chi connectivity index (χ4v) is 5.66. The van der Waals surface area contributed by atoms with Crippen LogP contribution in [0.5, 0.6) is 0 Å². The minimum atomic E-state index is -0.393. The van der Waals surface area contributed by atoms with Crippen LogP contribution < -0.4 is 10.2 Å². The van der Waals surface area contributed by atoms with Crippen molar-refractivity contribution in [3.63, 3.8) is 0 Å². The van der Waals surface area contributed by atoms with Crippen molar-refractivity contribution in [1.29, 1.82) is 0 Å². The lowest BCUT2D eigenvalue weighted by Gasteiger charge is -2.36. The molecule has 8 nitrogen and oxygen atoms in total. The third-order valence-corrected chi connectivity index (χ3v) is 7.59. The number of fused-ring (bicyclic) bond motifs is 3. The summed E-state index contributed by atoms with van der Waals surface area (Å²) in [7, 11) is -0.393. The highest BCUT2D eigenvalue weighted by atomic mass is 16.2.